The molecule has 2 aromatic rings. The van der Waals surface area contributed by atoms with E-state index in [9.17, 15) is 4.79 Å². The molecule has 1 aromatic carbocycles. The van der Waals surface area contributed by atoms with Gasteiger partial charge in [0, 0.05) is 17.5 Å². The summed E-state index contributed by atoms with van der Waals surface area (Å²) >= 11 is 0. The lowest BCUT2D eigenvalue weighted by Gasteiger charge is -2.46. The SMILES string of the molecule is CN1C2COCC1CC(n1nc(C(N)=O)c3ccccc31)C2. The van der Waals surface area contributed by atoms with E-state index in [0.29, 0.717) is 17.8 Å². The Morgan fingerprint density at radius 2 is 1.91 bits per heavy atom. The Labute approximate surface area is 128 Å². The predicted octanol–water partition coefficient (Wildman–Crippen LogP) is 1.17. The smallest absolute Gasteiger partial charge is 0.269 e. The van der Waals surface area contributed by atoms with Crippen LogP contribution in [0, 0.1) is 0 Å². The molecule has 2 N–H and O–H groups in total. The molecular formula is C16H20N4O2. The number of primary amides is 1. The van der Waals surface area contributed by atoms with Crippen molar-refractivity contribution in [1.29, 1.82) is 0 Å². The van der Waals surface area contributed by atoms with E-state index in [0.717, 1.165) is 37.0 Å². The van der Waals surface area contributed by atoms with Crippen LogP contribution in [0.5, 0.6) is 0 Å². The zero-order valence-corrected chi connectivity index (χ0v) is 12.6. The van der Waals surface area contributed by atoms with Crippen LogP contribution in [0.4, 0.5) is 0 Å². The normalized spacial score (nSPS) is 28.9. The highest BCUT2D eigenvalue weighted by Gasteiger charge is 2.38. The molecule has 2 bridgehead atoms. The second kappa shape index (κ2) is 5.07. The largest absolute Gasteiger partial charge is 0.378 e. The second-order valence-corrected chi connectivity index (χ2v) is 6.31. The van der Waals surface area contributed by atoms with Crippen LogP contribution in [-0.4, -0.2) is 52.9 Å². The highest BCUT2D eigenvalue weighted by atomic mass is 16.5. The number of carbonyl (C=O) groups is 1. The number of hydrogen-bond acceptors (Lipinski definition) is 4. The number of likely N-dealkylation sites (N-methyl/N-ethyl adjacent to an activating group) is 1. The van der Waals surface area contributed by atoms with E-state index >= 15 is 0 Å². The van der Waals surface area contributed by atoms with Crippen molar-refractivity contribution < 1.29 is 9.53 Å². The Bertz CT molecular complexity index is 712. The first kappa shape index (κ1) is 13.7. The van der Waals surface area contributed by atoms with Crippen molar-refractivity contribution in [2.24, 2.45) is 5.73 Å². The number of piperidine rings is 1. The predicted molar refractivity (Wildman–Crippen MR) is 82.7 cm³/mol. The monoisotopic (exact) mass is 300 g/mol. The first-order valence-electron chi connectivity index (χ1n) is 7.72. The van der Waals surface area contributed by atoms with Crippen molar-refractivity contribution in [3.63, 3.8) is 0 Å². The number of hydrogen-bond donors (Lipinski definition) is 1. The summed E-state index contributed by atoms with van der Waals surface area (Å²) in [6, 6.07) is 8.93. The molecule has 0 aliphatic carbocycles. The Hall–Kier alpha value is -1.92. The van der Waals surface area contributed by atoms with Crippen molar-refractivity contribution in [2.75, 3.05) is 20.3 Å². The number of ether oxygens (including phenoxy) is 1. The average molecular weight is 300 g/mol. The summed E-state index contributed by atoms with van der Waals surface area (Å²) in [7, 11) is 2.17. The molecule has 0 spiro atoms. The van der Waals surface area contributed by atoms with Gasteiger partial charge in [-0.2, -0.15) is 5.10 Å². The highest BCUT2D eigenvalue weighted by Crippen LogP contribution is 2.35. The summed E-state index contributed by atoms with van der Waals surface area (Å²) in [5.41, 5.74) is 6.86. The molecule has 4 rings (SSSR count). The number of para-hydroxylation sites is 1. The van der Waals surface area contributed by atoms with Crippen LogP contribution in [0.2, 0.25) is 0 Å². The van der Waals surface area contributed by atoms with E-state index in [1.807, 2.05) is 28.9 Å². The van der Waals surface area contributed by atoms with E-state index in [1.165, 1.54) is 0 Å². The first-order valence-corrected chi connectivity index (χ1v) is 7.72. The van der Waals surface area contributed by atoms with Gasteiger partial charge in [0.2, 0.25) is 0 Å². The van der Waals surface area contributed by atoms with Crippen LogP contribution in [0.1, 0.15) is 29.4 Å². The maximum atomic E-state index is 11.7. The van der Waals surface area contributed by atoms with Crippen molar-refractivity contribution in [2.45, 2.75) is 31.0 Å². The van der Waals surface area contributed by atoms with Crippen LogP contribution >= 0.6 is 0 Å². The molecule has 2 aliphatic heterocycles. The molecule has 0 radical (unpaired) electrons. The third kappa shape index (κ3) is 2.02. The topological polar surface area (TPSA) is 73.4 Å². The number of benzene rings is 1. The van der Waals surface area contributed by atoms with Gasteiger partial charge < -0.3 is 10.5 Å². The van der Waals surface area contributed by atoms with Crippen molar-refractivity contribution >= 4 is 16.8 Å². The summed E-state index contributed by atoms with van der Waals surface area (Å²) in [4.78, 5) is 14.1. The van der Waals surface area contributed by atoms with E-state index in [2.05, 4.69) is 17.0 Å². The van der Waals surface area contributed by atoms with Gasteiger partial charge in [0.05, 0.1) is 24.8 Å². The number of amides is 1. The maximum absolute atomic E-state index is 11.7. The lowest BCUT2D eigenvalue weighted by Crippen LogP contribution is -2.55. The Balaban J connectivity index is 1.77. The summed E-state index contributed by atoms with van der Waals surface area (Å²) in [6.45, 7) is 1.54. The third-order valence-electron chi connectivity index (χ3n) is 5.05. The summed E-state index contributed by atoms with van der Waals surface area (Å²) in [5.74, 6) is -0.466. The van der Waals surface area contributed by atoms with Gasteiger partial charge in [-0.05, 0) is 26.0 Å². The summed E-state index contributed by atoms with van der Waals surface area (Å²) in [5, 5.41) is 5.39. The maximum Gasteiger partial charge on any atom is 0.269 e. The van der Waals surface area contributed by atoms with Crippen molar-refractivity contribution in [1.82, 2.24) is 14.7 Å². The molecule has 2 saturated heterocycles. The highest BCUT2D eigenvalue weighted by molar-refractivity contribution is 6.04. The number of nitrogens with two attached hydrogens (primary N) is 1. The van der Waals surface area contributed by atoms with Gasteiger partial charge >= 0.3 is 0 Å². The molecule has 6 heteroatoms. The quantitative estimate of drug-likeness (QED) is 0.903. The lowest BCUT2D eigenvalue weighted by atomic mass is 9.90. The van der Waals surface area contributed by atoms with Crippen LogP contribution in [-0.2, 0) is 4.74 Å². The van der Waals surface area contributed by atoms with Crippen LogP contribution in [0.3, 0.4) is 0 Å². The van der Waals surface area contributed by atoms with Gasteiger partial charge in [0.15, 0.2) is 5.69 Å². The van der Waals surface area contributed by atoms with E-state index in [4.69, 9.17) is 10.5 Å². The van der Waals surface area contributed by atoms with E-state index in [-0.39, 0.29) is 6.04 Å². The molecule has 3 heterocycles. The Morgan fingerprint density at radius 1 is 1.23 bits per heavy atom. The number of fused-ring (bicyclic) bond motifs is 3. The van der Waals surface area contributed by atoms with Crippen LogP contribution < -0.4 is 5.73 Å². The van der Waals surface area contributed by atoms with Crippen molar-refractivity contribution in [3.05, 3.63) is 30.0 Å². The first-order chi connectivity index (χ1) is 10.6. The minimum atomic E-state index is -0.466. The van der Waals surface area contributed by atoms with Gasteiger partial charge in [-0.1, -0.05) is 18.2 Å². The molecule has 1 amide bonds. The molecule has 116 valence electrons. The van der Waals surface area contributed by atoms with E-state index < -0.39 is 5.91 Å². The fourth-order valence-electron chi connectivity index (χ4n) is 3.82. The van der Waals surface area contributed by atoms with Crippen LogP contribution in [0.15, 0.2) is 24.3 Å². The minimum absolute atomic E-state index is 0.285. The zero-order chi connectivity index (χ0) is 15.3. The Morgan fingerprint density at radius 3 is 2.59 bits per heavy atom. The molecule has 1 aromatic heterocycles. The lowest BCUT2D eigenvalue weighted by molar-refractivity contribution is -0.0731. The Kier molecular flexibility index (Phi) is 3.16. The average Bonchev–Trinajstić information content (AvgIpc) is 2.87. The fourth-order valence-corrected chi connectivity index (χ4v) is 3.82. The van der Waals surface area contributed by atoms with Gasteiger partial charge in [-0.15, -0.1) is 0 Å². The molecule has 2 atom stereocenters. The summed E-state index contributed by atoms with van der Waals surface area (Å²) in [6.07, 6.45) is 1.97. The van der Waals surface area contributed by atoms with Gasteiger partial charge in [-0.25, -0.2) is 0 Å². The molecule has 6 nitrogen and oxygen atoms in total. The molecule has 2 unspecified atom stereocenters. The zero-order valence-electron chi connectivity index (χ0n) is 12.6. The van der Waals surface area contributed by atoms with Gasteiger partial charge in [0.1, 0.15) is 0 Å². The van der Waals surface area contributed by atoms with E-state index in [1.54, 1.807) is 0 Å². The molecule has 22 heavy (non-hydrogen) atoms. The number of rotatable bonds is 2. The molecule has 0 saturated carbocycles. The standard InChI is InChI=1S/C16H20N4O2/c1-19-11-6-10(7-12(19)9-22-8-11)20-14-5-3-2-4-13(14)15(18-20)16(17)21/h2-5,10-12H,6-9H2,1H3,(H2,17,21). The van der Waals surface area contributed by atoms with Crippen LogP contribution in [0.25, 0.3) is 10.9 Å². The molecular weight excluding hydrogens is 280 g/mol. The number of carbonyl (C=O) groups excluding carboxylic acids is 1. The van der Waals surface area contributed by atoms with Gasteiger partial charge in [0.25, 0.3) is 5.91 Å². The van der Waals surface area contributed by atoms with Gasteiger partial charge in [-0.3, -0.25) is 14.4 Å². The summed E-state index contributed by atoms with van der Waals surface area (Å²) < 4.78 is 7.68. The van der Waals surface area contributed by atoms with Crippen molar-refractivity contribution in [3.8, 4) is 0 Å². The second-order valence-electron chi connectivity index (χ2n) is 6.31. The molecule has 2 fully saturated rings. The third-order valence-corrected chi connectivity index (χ3v) is 5.05. The number of nitrogens with zero attached hydrogens (tertiary/aromatic N) is 3. The fraction of sp³-hybridized carbons (Fsp3) is 0.500. The number of aromatic nitrogens is 2. The molecule has 2 aliphatic rings. The number of morpholine rings is 1. The minimum Gasteiger partial charge on any atom is -0.378 e.